The summed E-state index contributed by atoms with van der Waals surface area (Å²) in [5.74, 6) is -0.00571. The summed E-state index contributed by atoms with van der Waals surface area (Å²) in [6, 6.07) is 6.86. The second-order valence-electron chi connectivity index (χ2n) is 10.7. The number of carbonyl (C=O) groups is 4. The Balaban J connectivity index is 1.71. The maximum Gasteiger partial charge on any atom is 0.411 e. The summed E-state index contributed by atoms with van der Waals surface area (Å²) in [6.45, 7) is 4.06. The minimum atomic E-state index is -0.625. The van der Waals surface area contributed by atoms with Crippen molar-refractivity contribution in [2.45, 2.75) is 64.8 Å². The molecule has 2 heterocycles. The largest absolute Gasteiger partial charge is 0.453 e. The van der Waals surface area contributed by atoms with Crippen molar-refractivity contribution in [3.8, 4) is 11.1 Å². The highest BCUT2D eigenvalue weighted by Gasteiger charge is 2.30. The van der Waals surface area contributed by atoms with Crippen molar-refractivity contribution >= 4 is 46.4 Å². The highest BCUT2D eigenvalue weighted by molar-refractivity contribution is 7.14. The first-order chi connectivity index (χ1) is 18.7. The topological polar surface area (TPSA) is 140 Å². The SMILES string of the molecule is COC(=O)Nc1ccc2c(c1)NC(=O)[C@H](C)CCC[C@H](NC(=O)[C@H]1CC[C@H](CN)CC1)c1cc-2c(C(C)=O)s1. The van der Waals surface area contributed by atoms with E-state index in [1.165, 1.54) is 25.4 Å². The van der Waals surface area contributed by atoms with E-state index >= 15 is 0 Å². The van der Waals surface area contributed by atoms with E-state index in [4.69, 9.17) is 10.5 Å². The second kappa shape index (κ2) is 12.7. The van der Waals surface area contributed by atoms with E-state index in [0.29, 0.717) is 52.7 Å². The lowest BCUT2D eigenvalue weighted by Crippen LogP contribution is -2.36. The third-order valence-electron chi connectivity index (χ3n) is 7.86. The van der Waals surface area contributed by atoms with Gasteiger partial charge in [0.1, 0.15) is 0 Å². The van der Waals surface area contributed by atoms with Crippen LogP contribution in [-0.2, 0) is 14.3 Å². The van der Waals surface area contributed by atoms with Crippen LogP contribution < -0.4 is 21.7 Å². The van der Waals surface area contributed by atoms with Crippen molar-refractivity contribution in [3.05, 3.63) is 34.0 Å². The van der Waals surface area contributed by atoms with Gasteiger partial charge in [0.2, 0.25) is 11.8 Å². The molecule has 0 unspecified atom stereocenters. The zero-order valence-electron chi connectivity index (χ0n) is 22.8. The molecule has 0 saturated heterocycles. The number of nitrogens with two attached hydrogens (primary N) is 1. The first kappa shape index (κ1) is 28.8. The lowest BCUT2D eigenvalue weighted by molar-refractivity contribution is -0.127. The fourth-order valence-corrected chi connectivity index (χ4v) is 6.58. The standard InChI is InChI=1S/C29H38N4O5S/c1-16-5-4-6-23(32-28(36)19-9-7-18(15-30)8-10-19)25-14-22(26(39-25)17(2)34)21-12-11-20(31-29(37)38-3)13-24(21)33-27(16)35/h11-14,16,18-19,23H,4-10,15,30H2,1-3H3,(H,31,37)(H,32,36)(H,33,35)/t16-,18-,19-,23+/m1/s1. The Morgan fingerprint density at radius 2 is 1.82 bits per heavy atom. The number of fused-ring (bicyclic) bond motifs is 4. The van der Waals surface area contributed by atoms with Gasteiger partial charge in [-0.1, -0.05) is 19.4 Å². The molecule has 4 rings (SSSR count). The predicted molar refractivity (Wildman–Crippen MR) is 153 cm³/mol. The number of carbonyl (C=O) groups excluding carboxylic acids is 4. The van der Waals surface area contributed by atoms with Crippen molar-refractivity contribution in [2.24, 2.45) is 23.5 Å². The summed E-state index contributed by atoms with van der Waals surface area (Å²) in [5.41, 5.74) is 8.14. The molecule has 1 aromatic carbocycles. The van der Waals surface area contributed by atoms with Gasteiger partial charge < -0.3 is 21.1 Å². The quantitative estimate of drug-likeness (QED) is 0.361. The minimum Gasteiger partial charge on any atom is -0.453 e. The van der Waals surface area contributed by atoms with Crippen LogP contribution in [0.4, 0.5) is 16.2 Å². The normalized spacial score (nSPS) is 23.3. The third-order valence-corrected chi connectivity index (χ3v) is 9.21. The van der Waals surface area contributed by atoms with Crippen LogP contribution in [0.5, 0.6) is 0 Å². The Morgan fingerprint density at radius 1 is 1.08 bits per heavy atom. The number of methoxy groups -OCH3 is 1. The molecule has 2 aromatic rings. The maximum atomic E-state index is 13.3. The Morgan fingerprint density at radius 3 is 2.49 bits per heavy atom. The number of ether oxygens (including phenoxy) is 1. The summed E-state index contributed by atoms with van der Waals surface area (Å²) < 4.78 is 4.70. The Labute approximate surface area is 233 Å². The minimum absolute atomic E-state index is 0.0351. The van der Waals surface area contributed by atoms with Crippen LogP contribution in [0.15, 0.2) is 24.3 Å². The lowest BCUT2D eigenvalue weighted by Gasteiger charge is -2.28. The Kier molecular flexibility index (Phi) is 9.40. The van der Waals surface area contributed by atoms with Crippen LogP contribution in [-0.4, -0.2) is 37.3 Å². The molecule has 1 aliphatic heterocycles. The summed E-state index contributed by atoms with van der Waals surface area (Å²) in [5, 5.41) is 8.92. The number of anilines is 2. The molecule has 1 saturated carbocycles. The molecule has 5 N–H and O–H groups in total. The molecule has 9 nitrogen and oxygen atoms in total. The van der Waals surface area contributed by atoms with Gasteiger partial charge in [-0.15, -0.1) is 11.3 Å². The molecule has 1 aliphatic carbocycles. The number of hydrogen-bond acceptors (Lipinski definition) is 7. The first-order valence-corrected chi connectivity index (χ1v) is 14.5. The predicted octanol–water partition coefficient (Wildman–Crippen LogP) is 5.48. The van der Waals surface area contributed by atoms with Crippen LogP contribution in [0.2, 0.25) is 0 Å². The molecule has 210 valence electrons. The summed E-state index contributed by atoms with van der Waals surface area (Å²) in [6.07, 6.45) is 5.03. The molecule has 39 heavy (non-hydrogen) atoms. The highest BCUT2D eigenvalue weighted by atomic mass is 32.1. The van der Waals surface area contributed by atoms with E-state index < -0.39 is 6.09 Å². The molecule has 1 fully saturated rings. The van der Waals surface area contributed by atoms with Crippen LogP contribution in [0, 0.1) is 17.8 Å². The van der Waals surface area contributed by atoms with Gasteiger partial charge in [-0.3, -0.25) is 19.7 Å². The van der Waals surface area contributed by atoms with Gasteiger partial charge in [0.05, 0.1) is 23.7 Å². The number of Topliss-reactive ketones (excluding diaryl/α,β-unsaturated/α-hetero) is 1. The van der Waals surface area contributed by atoms with Crippen molar-refractivity contribution in [1.82, 2.24) is 5.32 Å². The van der Waals surface area contributed by atoms with Gasteiger partial charge in [-0.05, 0) is 76.1 Å². The molecule has 2 atom stereocenters. The number of thiophene rings is 1. The third kappa shape index (κ3) is 6.86. The summed E-state index contributed by atoms with van der Waals surface area (Å²) in [7, 11) is 1.28. The number of nitrogens with one attached hydrogen (secondary N) is 3. The van der Waals surface area contributed by atoms with E-state index in [1.807, 2.05) is 13.0 Å². The van der Waals surface area contributed by atoms with E-state index in [0.717, 1.165) is 37.0 Å². The van der Waals surface area contributed by atoms with Crippen LogP contribution in [0.25, 0.3) is 11.1 Å². The number of amides is 3. The smallest absolute Gasteiger partial charge is 0.411 e. The Hall–Kier alpha value is -3.24. The molecule has 3 amide bonds. The van der Waals surface area contributed by atoms with Crippen molar-refractivity contribution in [1.29, 1.82) is 0 Å². The number of ketones is 1. The van der Waals surface area contributed by atoms with Gasteiger partial charge >= 0.3 is 6.09 Å². The molecule has 2 aliphatic rings. The van der Waals surface area contributed by atoms with Gasteiger partial charge in [0.25, 0.3) is 0 Å². The van der Waals surface area contributed by atoms with Crippen molar-refractivity contribution < 1.29 is 23.9 Å². The molecule has 0 spiro atoms. The van der Waals surface area contributed by atoms with E-state index in [-0.39, 0.29) is 35.5 Å². The molecule has 2 bridgehead atoms. The number of hydrogen-bond donors (Lipinski definition) is 4. The van der Waals surface area contributed by atoms with Crippen LogP contribution in [0.1, 0.15) is 79.4 Å². The van der Waals surface area contributed by atoms with E-state index in [2.05, 4.69) is 16.0 Å². The highest BCUT2D eigenvalue weighted by Crippen LogP contribution is 2.41. The van der Waals surface area contributed by atoms with Crippen molar-refractivity contribution in [3.63, 3.8) is 0 Å². The number of rotatable bonds is 5. The lowest BCUT2D eigenvalue weighted by atomic mass is 9.81. The van der Waals surface area contributed by atoms with Crippen LogP contribution >= 0.6 is 11.3 Å². The fraction of sp³-hybridized carbons (Fsp3) is 0.517. The first-order valence-electron chi connectivity index (χ1n) is 13.7. The monoisotopic (exact) mass is 554 g/mol. The zero-order valence-corrected chi connectivity index (χ0v) is 23.6. The molecule has 1 aromatic heterocycles. The molecular weight excluding hydrogens is 516 g/mol. The number of benzene rings is 1. The molecular formula is C29H38N4O5S. The second-order valence-corrected chi connectivity index (χ2v) is 11.7. The Bertz CT molecular complexity index is 1230. The fourth-order valence-electron chi connectivity index (χ4n) is 5.42. The van der Waals surface area contributed by atoms with Gasteiger partial charge in [0.15, 0.2) is 5.78 Å². The molecule has 0 radical (unpaired) electrons. The van der Waals surface area contributed by atoms with Gasteiger partial charge in [-0.2, -0.15) is 0 Å². The average molecular weight is 555 g/mol. The van der Waals surface area contributed by atoms with Gasteiger partial charge in [0, 0.05) is 33.5 Å². The van der Waals surface area contributed by atoms with Gasteiger partial charge in [-0.25, -0.2) is 4.79 Å². The van der Waals surface area contributed by atoms with E-state index in [9.17, 15) is 19.2 Å². The van der Waals surface area contributed by atoms with Crippen molar-refractivity contribution in [2.75, 3.05) is 24.3 Å². The molecule has 10 heteroatoms. The zero-order chi connectivity index (χ0) is 28.1. The summed E-state index contributed by atoms with van der Waals surface area (Å²) >= 11 is 1.39. The summed E-state index contributed by atoms with van der Waals surface area (Å²) in [4.78, 5) is 52.5. The van der Waals surface area contributed by atoms with E-state index in [1.54, 1.807) is 18.2 Å². The van der Waals surface area contributed by atoms with Crippen LogP contribution in [0.3, 0.4) is 0 Å². The average Bonchev–Trinajstić information content (AvgIpc) is 3.37. The maximum absolute atomic E-state index is 13.3.